The Balaban J connectivity index is 1.86. The molecule has 7 nitrogen and oxygen atoms in total. The van der Waals surface area contributed by atoms with Crippen molar-refractivity contribution >= 4 is 17.9 Å². The highest BCUT2D eigenvalue weighted by atomic mass is 16.6. The fourth-order valence-corrected chi connectivity index (χ4v) is 3.13. The molecule has 3 aliphatic rings. The Kier molecular flexibility index (Phi) is 2.41. The van der Waals surface area contributed by atoms with Crippen LogP contribution in [0.15, 0.2) is 0 Å². The lowest BCUT2D eigenvalue weighted by molar-refractivity contribution is -0.142. The molecule has 20 heavy (non-hydrogen) atoms. The Hall–Kier alpha value is -1.79. The lowest BCUT2D eigenvalue weighted by atomic mass is 9.73. The zero-order chi connectivity index (χ0) is 14.8. The van der Waals surface area contributed by atoms with E-state index < -0.39 is 22.6 Å². The number of hydrogen-bond donors (Lipinski definition) is 2. The zero-order valence-corrected chi connectivity index (χ0v) is 11.9. The van der Waals surface area contributed by atoms with Crippen molar-refractivity contribution in [2.45, 2.75) is 38.3 Å². The molecule has 2 spiro atoms. The molecule has 0 radical (unpaired) electrons. The fourth-order valence-electron chi connectivity index (χ4n) is 3.13. The van der Waals surface area contributed by atoms with Crippen LogP contribution < -0.4 is 10.6 Å². The van der Waals surface area contributed by atoms with Crippen LogP contribution in [0.1, 0.15) is 27.2 Å². The predicted octanol–water partition coefficient (Wildman–Crippen LogP) is -0.388. The van der Waals surface area contributed by atoms with Crippen molar-refractivity contribution in [1.82, 2.24) is 15.5 Å². The summed E-state index contributed by atoms with van der Waals surface area (Å²) in [6.07, 6.45) is -0.138. The Bertz CT molecular complexity index is 512. The predicted molar refractivity (Wildman–Crippen MR) is 68.7 cm³/mol. The summed E-state index contributed by atoms with van der Waals surface area (Å²) in [6.45, 7) is 6.49. The maximum atomic E-state index is 12.3. The topological polar surface area (TPSA) is 87.7 Å². The lowest BCUT2D eigenvalue weighted by Crippen LogP contribution is -2.72. The minimum Gasteiger partial charge on any atom is -0.444 e. The molecule has 0 bridgehead atoms. The first-order chi connectivity index (χ1) is 9.19. The van der Waals surface area contributed by atoms with Crippen molar-refractivity contribution in [3.63, 3.8) is 0 Å². The molecular weight excluding hydrogens is 262 g/mol. The summed E-state index contributed by atoms with van der Waals surface area (Å²) in [6, 6.07) is 0. The molecule has 2 N–H and O–H groups in total. The third-order valence-corrected chi connectivity index (χ3v) is 4.26. The van der Waals surface area contributed by atoms with Crippen LogP contribution in [0.4, 0.5) is 4.79 Å². The van der Waals surface area contributed by atoms with E-state index in [-0.39, 0.29) is 18.4 Å². The van der Waals surface area contributed by atoms with E-state index in [9.17, 15) is 14.4 Å². The molecule has 2 unspecified atom stereocenters. The lowest BCUT2D eigenvalue weighted by Gasteiger charge is -2.44. The Morgan fingerprint density at radius 2 is 1.85 bits per heavy atom. The van der Waals surface area contributed by atoms with Crippen LogP contribution >= 0.6 is 0 Å². The van der Waals surface area contributed by atoms with E-state index in [0.29, 0.717) is 19.5 Å². The summed E-state index contributed by atoms with van der Waals surface area (Å²) in [5, 5.41) is 5.37. The van der Waals surface area contributed by atoms with Gasteiger partial charge in [-0.25, -0.2) is 4.79 Å². The minimum atomic E-state index is -0.903. The first-order valence-corrected chi connectivity index (χ1v) is 6.76. The summed E-state index contributed by atoms with van der Waals surface area (Å²) in [5.74, 6) is -0.275. The third kappa shape index (κ3) is 1.61. The van der Waals surface area contributed by atoms with Gasteiger partial charge in [0.15, 0.2) is 0 Å². The molecule has 0 saturated carbocycles. The fraction of sp³-hybridized carbons (Fsp3) is 0.769. The monoisotopic (exact) mass is 281 g/mol. The van der Waals surface area contributed by atoms with E-state index in [0.717, 1.165) is 0 Å². The largest absolute Gasteiger partial charge is 0.444 e. The minimum absolute atomic E-state index is 0.0809. The highest BCUT2D eigenvalue weighted by Gasteiger charge is 2.68. The van der Waals surface area contributed by atoms with Gasteiger partial charge in [0.2, 0.25) is 11.8 Å². The second-order valence-corrected chi connectivity index (χ2v) is 6.92. The smallest absolute Gasteiger partial charge is 0.411 e. The summed E-state index contributed by atoms with van der Waals surface area (Å²) < 4.78 is 5.37. The first kappa shape index (κ1) is 13.2. The summed E-state index contributed by atoms with van der Waals surface area (Å²) >= 11 is 0. The standard InChI is InChI=1S/C13H19N3O4/c1-11(2,3)20-10(19)16-7-12(5-14-8(12)17)4-13(16)6-15-9(13)18/h4-7H2,1-3H3,(H,14,17)(H,15,18). The highest BCUT2D eigenvalue weighted by Crippen LogP contribution is 2.47. The van der Waals surface area contributed by atoms with Crippen LogP contribution in [0.5, 0.6) is 0 Å². The van der Waals surface area contributed by atoms with Crippen LogP contribution in [0.2, 0.25) is 0 Å². The van der Waals surface area contributed by atoms with Gasteiger partial charge in [-0.05, 0) is 27.2 Å². The Morgan fingerprint density at radius 1 is 1.20 bits per heavy atom. The van der Waals surface area contributed by atoms with Crippen molar-refractivity contribution in [3.05, 3.63) is 0 Å². The van der Waals surface area contributed by atoms with E-state index in [4.69, 9.17) is 4.74 Å². The molecule has 7 heteroatoms. The van der Waals surface area contributed by atoms with Gasteiger partial charge in [0.1, 0.15) is 11.1 Å². The van der Waals surface area contributed by atoms with E-state index in [1.54, 1.807) is 20.8 Å². The quantitative estimate of drug-likeness (QED) is 0.592. The first-order valence-electron chi connectivity index (χ1n) is 6.76. The van der Waals surface area contributed by atoms with Crippen molar-refractivity contribution in [3.8, 4) is 0 Å². The molecule has 0 aromatic heterocycles. The van der Waals surface area contributed by atoms with Crippen LogP contribution in [-0.2, 0) is 14.3 Å². The van der Waals surface area contributed by atoms with Crippen molar-refractivity contribution in [2.75, 3.05) is 19.6 Å². The molecular formula is C13H19N3O4. The number of amides is 3. The molecule has 3 fully saturated rings. The van der Waals surface area contributed by atoms with E-state index >= 15 is 0 Å². The van der Waals surface area contributed by atoms with E-state index in [1.807, 2.05) is 0 Å². The molecule has 3 rings (SSSR count). The van der Waals surface area contributed by atoms with Crippen molar-refractivity contribution in [1.29, 1.82) is 0 Å². The highest BCUT2D eigenvalue weighted by molar-refractivity contribution is 6.00. The molecule has 3 saturated heterocycles. The maximum Gasteiger partial charge on any atom is 0.411 e. The van der Waals surface area contributed by atoms with Crippen LogP contribution in [0, 0.1) is 5.41 Å². The van der Waals surface area contributed by atoms with Gasteiger partial charge < -0.3 is 15.4 Å². The second kappa shape index (κ2) is 3.65. The number of rotatable bonds is 0. The number of nitrogens with one attached hydrogen (secondary N) is 2. The van der Waals surface area contributed by atoms with Gasteiger partial charge in [-0.3, -0.25) is 14.5 Å². The van der Waals surface area contributed by atoms with Gasteiger partial charge in [-0.1, -0.05) is 0 Å². The van der Waals surface area contributed by atoms with Gasteiger partial charge >= 0.3 is 6.09 Å². The molecule has 3 aliphatic heterocycles. The van der Waals surface area contributed by atoms with Crippen LogP contribution in [0.3, 0.4) is 0 Å². The number of likely N-dealkylation sites (tertiary alicyclic amines) is 1. The summed E-state index contributed by atoms with van der Waals surface area (Å²) in [7, 11) is 0. The number of ether oxygens (including phenoxy) is 1. The number of carbonyl (C=O) groups excluding carboxylic acids is 3. The van der Waals surface area contributed by atoms with Gasteiger partial charge in [-0.15, -0.1) is 0 Å². The molecule has 2 atom stereocenters. The van der Waals surface area contributed by atoms with Crippen LogP contribution in [-0.4, -0.2) is 53.6 Å². The van der Waals surface area contributed by atoms with E-state index in [2.05, 4.69) is 10.6 Å². The average Bonchev–Trinajstić information content (AvgIpc) is 2.74. The second-order valence-electron chi connectivity index (χ2n) is 6.92. The van der Waals surface area contributed by atoms with Crippen molar-refractivity contribution in [2.24, 2.45) is 5.41 Å². The molecule has 3 heterocycles. The zero-order valence-electron chi connectivity index (χ0n) is 11.9. The molecule has 0 aromatic carbocycles. The number of carbonyl (C=O) groups is 3. The van der Waals surface area contributed by atoms with Gasteiger partial charge in [-0.2, -0.15) is 0 Å². The Labute approximate surface area is 117 Å². The Morgan fingerprint density at radius 3 is 2.20 bits per heavy atom. The molecule has 3 amide bonds. The molecule has 0 aromatic rings. The van der Waals surface area contributed by atoms with Crippen molar-refractivity contribution < 1.29 is 19.1 Å². The normalized spacial score (nSPS) is 35.5. The molecule has 110 valence electrons. The SMILES string of the molecule is CC(C)(C)OC(=O)N1CC2(CNC2=O)CC12CNC2=O. The van der Waals surface area contributed by atoms with Crippen LogP contribution in [0.25, 0.3) is 0 Å². The molecule has 0 aliphatic carbocycles. The average molecular weight is 281 g/mol. The third-order valence-electron chi connectivity index (χ3n) is 4.26. The van der Waals surface area contributed by atoms with Gasteiger partial charge in [0, 0.05) is 13.1 Å². The summed E-state index contributed by atoms with van der Waals surface area (Å²) in [4.78, 5) is 37.6. The number of hydrogen-bond acceptors (Lipinski definition) is 4. The maximum absolute atomic E-state index is 12.3. The summed E-state index contributed by atoms with van der Waals surface area (Å²) in [5.41, 5.74) is -2.15. The van der Waals surface area contributed by atoms with Gasteiger partial charge in [0.25, 0.3) is 0 Å². The van der Waals surface area contributed by atoms with Gasteiger partial charge in [0.05, 0.1) is 12.0 Å². The number of nitrogens with zero attached hydrogens (tertiary/aromatic N) is 1. The number of β-lactam (4-membered cyclic amide) rings is 2. The van der Waals surface area contributed by atoms with E-state index in [1.165, 1.54) is 4.90 Å².